The van der Waals surface area contributed by atoms with Gasteiger partial charge in [0, 0.05) is 12.6 Å². The first-order chi connectivity index (χ1) is 20.0. The third kappa shape index (κ3) is 6.66. The number of carbonyl (C=O) groups excluding carboxylic acids is 1. The molecule has 0 atom stereocenters. The summed E-state index contributed by atoms with van der Waals surface area (Å²) in [5, 5.41) is 2.70. The zero-order chi connectivity index (χ0) is 30.0. The number of piperidine rings is 1. The topological polar surface area (TPSA) is 32.3 Å². The molecule has 5 rings (SSSR count). The lowest BCUT2D eigenvalue weighted by Gasteiger charge is -2.45. The van der Waals surface area contributed by atoms with Crippen LogP contribution < -0.4 is 5.32 Å². The highest BCUT2D eigenvalue weighted by Crippen LogP contribution is 2.43. The molecule has 3 aromatic rings. The van der Waals surface area contributed by atoms with E-state index >= 15 is 0 Å². The number of rotatable bonds is 6. The van der Waals surface area contributed by atoms with E-state index in [9.17, 15) is 31.1 Å². The van der Waals surface area contributed by atoms with Crippen LogP contribution in [0, 0.1) is 0 Å². The minimum absolute atomic E-state index is 0.0979. The maximum Gasteiger partial charge on any atom is 0.416 e. The average molecular weight is 589 g/mol. The zero-order valence-electron chi connectivity index (χ0n) is 23.1. The van der Waals surface area contributed by atoms with Gasteiger partial charge in [-0.25, -0.2) is 0 Å². The van der Waals surface area contributed by atoms with Crippen molar-refractivity contribution < 1.29 is 31.1 Å². The van der Waals surface area contributed by atoms with E-state index in [-0.39, 0.29) is 17.5 Å². The Morgan fingerprint density at radius 3 is 1.81 bits per heavy atom. The summed E-state index contributed by atoms with van der Waals surface area (Å²) in [6, 6.07) is 21.5. The van der Waals surface area contributed by atoms with Gasteiger partial charge in [0.15, 0.2) is 0 Å². The molecule has 1 aliphatic carbocycles. The smallest absolute Gasteiger partial charge is 0.351 e. The molecule has 1 aliphatic heterocycles. The van der Waals surface area contributed by atoms with Gasteiger partial charge >= 0.3 is 12.4 Å². The molecule has 1 N–H and O–H groups in total. The van der Waals surface area contributed by atoms with Gasteiger partial charge in [0.05, 0.1) is 16.5 Å². The van der Waals surface area contributed by atoms with Crippen LogP contribution in [-0.4, -0.2) is 29.9 Å². The first-order valence-electron chi connectivity index (χ1n) is 14.4. The van der Waals surface area contributed by atoms with Gasteiger partial charge < -0.3 is 10.2 Å². The van der Waals surface area contributed by atoms with Crippen molar-refractivity contribution in [1.82, 2.24) is 10.2 Å². The monoisotopic (exact) mass is 588 g/mol. The second kappa shape index (κ2) is 12.1. The predicted octanol–water partition coefficient (Wildman–Crippen LogP) is 8.10. The molecular weight excluding hydrogens is 554 g/mol. The Kier molecular flexibility index (Phi) is 8.69. The molecule has 3 nitrogen and oxygen atoms in total. The van der Waals surface area contributed by atoms with Crippen molar-refractivity contribution in [2.45, 2.75) is 74.8 Å². The third-order valence-electron chi connectivity index (χ3n) is 8.99. The van der Waals surface area contributed by atoms with Crippen LogP contribution in [0.4, 0.5) is 26.3 Å². The molecule has 9 heteroatoms. The van der Waals surface area contributed by atoms with Gasteiger partial charge in [-0.1, -0.05) is 60.7 Å². The minimum Gasteiger partial charge on any atom is -0.351 e. The molecule has 42 heavy (non-hydrogen) atoms. The number of amides is 1. The predicted molar refractivity (Wildman–Crippen MR) is 149 cm³/mol. The van der Waals surface area contributed by atoms with Gasteiger partial charge in [0.25, 0.3) is 0 Å². The molecule has 3 aromatic carbocycles. The maximum absolute atomic E-state index is 13.8. The van der Waals surface area contributed by atoms with Crippen LogP contribution in [0.15, 0.2) is 78.9 Å². The average Bonchev–Trinajstić information content (AvgIpc) is 3.00. The third-order valence-corrected chi connectivity index (χ3v) is 8.99. The largest absolute Gasteiger partial charge is 0.416 e. The molecule has 1 heterocycles. The lowest BCUT2D eigenvalue weighted by molar-refractivity contribution is -0.143. The Morgan fingerprint density at radius 1 is 0.762 bits per heavy atom. The first-order valence-corrected chi connectivity index (χ1v) is 14.4. The standard InChI is InChI=1S/C33H34F6N2O/c34-32(35,36)27-19-23(20-28(21-27)33(37,38)39)22-40-30(42)31(26-9-5-2-6-10-26)15-11-29(12-16-31)41-17-13-25(14-18-41)24-7-3-1-4-8-24/h1-10,19-21,25,29H,11-18,22H2,(H,40,42). The fraction of sp³-hybridized carbons (Fsp3) is 0.424. The van der Waals surface area contributed by atoms with Crippen LogP contribution in [0.2, 0.25) is 0 Å². The number of alkyl halides is 6. The normalized spacial score (nSPS) is 22.6. The second-order valence-corrected chi connectivity index (χ2v) is 11.5. The van der Waals surface area contributed by atoms with Crippen LogP contribution in [0.1, 0.15) is 72.3 Å². The van der Waals surface area contributed by atoms with Crippen LogP contribution >= 0.6 is 0 Å². The number of nitrogens with one attached hydrogen (secondary N) is 1. The molecule has 2 aliphatic rings. The maximum atomic E-state index is 13.8. The van der Waals surface area contributed by atoms with E-state index in [2.05, 4.69) is 34.5 Å². The van der Waals surface area contributed by atoms with Gasteiger partial charge in [-0.15, -0.1) is 0 Å². The summed E-state index contributed by atoms with van der Waals surface area (Å²) in [6.45, 7) is 1.52. The number of benzene rings is 3. The van der Waals surface area contributed by atoms with E-state index in [0.717, 1.165) is 44.3 Å². The number of hydrogen-bond acceptors (Lipinski definition) is 2. The highest BCUT2D eigenvalue weighted by atomic mass is 19.4. The first kappa shape index (κ1) is 30.1. The summed E-state index contributed by atoms with van der Waals surface area (Å²) < 4.78 is 80.1. The Hall–Kier alpha value is -3.33. The Labute approximate surface area is 241 Å². The quantitative estimate of drug-likeness (QED) is 0.295. The highest BCUT2D eigenvalue weighted by molar-refractivity contribution is 5.88. The van der Waals surface area contributed by atoms with Crippen molar-refractivity contribution in [1.29, 1.82) is 0 Å². The number of likely N-dealkylation sites (tertiary alicyclic amines) is 1. The molecule has 224 valence electrons. The Balaban J connectivity index is 1.28. The fourth-order valence-electron chi connectivity index (χ4n) is 6.66. The van der Waals surface area contributed by atoms with Gasteiger partial charge in [0.1, 0.15) is 0 Å². The van der Waals surface area contributed by atoms with Crippen molar-refractivity contribution in [2.24, 2.45) is 0 Å². The van der Waals surface area contributed by atoms with Gasteiger partial charge in [0.2, 0.25) is 5.91 Å². The molecular formula is C33H34F6N2O. The van der Waals surface area contributed by atoms with Crippen molar-refractivity contribution in [3.63, 3.8) is 0 Å². The molecule has 0 unspecified atom stereocenters. The van der Waals surface area contributed by atoms with Crippen LogP contribution in [0.25, 0.3) is 0 Å². The van der Waals surface area contributed by atoms with E-state index < -0.39 is 35.4 Å². The van der Waals surface area contributed by atoms with Crippen LogP contribution in [0.5, 0.6) is 0 Å². The molecule has 0 radical (unpaired) electrons. The van der Waals surface area contributed by atoms with E-state index in [1.807, 2.05) is 36.4 Å². The summed E-state index contributed by atoms with van der Waals surface area (Å²) in [4.78, 5) is 16.3. The van der Waals surface area contributed by atoms with Crippen molar-refractivity contribution in [2.75, 3.05) is 13.1 Å². The van der Waals surface area contributed by atoms with Crippen molar-refractivity contribution >= 4 is 5.91 Å². The van der Waals surface area contributed by atoms with Crippen molar-refractivity contribution in [3.8, 4) is 0 Å². The molecule has 0 bridgehead atoms. The number of nitrogens with zero attached hydrogens (tertiary/aromatic N) is 1. The van der Waals surface area contributed by atoms with Crippen LogP contribution in [-0.2, 0) is 29.1 Å². The van der Waals surface area contributed by atoms with Crippen LogP contribution in [0.3, 0.4) is 0 Å². The summed E-state index contributed by atoms with van der Waals surface area (Å²) in [5.41, 5.74) is -1.77. The number of hydrogen-bond donors (Lipinski definition) is 1. The Bertz CT molecular complexity index is 1310. The zero-order valence-corrected chi connectivity index (χ0v) is 23.1. The molecule has 0 spiro atoms. The molecule has 0 aromatic heterocycles. The summed E-state index contributed by atoms with van der Waals surface area (Å²) >= 11 is 0. The lowest BCUT2D eigenvalue weighted by Crippen LogP contribution is -2.51. The molecule has 1 amide bonds. The number of halogens is 6. The van der Waals surface area contributed by atoms with Gasteiger partial charge in [-0.05, 0) is 92.4 Å². The minimum atomic E-state index is -4.95. The molecule has 1 saturated heterocycles. The van der Waals surface area contributed by atoms with Gasteiger partial charge in [-0.3, -0.25) is 4.79 Å². The van der Waals surface area contributed by atoms with E-state index in [1.54, 1.807) is 0 Å². The fourth-order valence-corrected chi connectivity index (χ4v) is 6.66. The lowest BCUT2D eigenvalue weighted by atomic mass is 9.67. The summed E-state index contributed by atoms with van der Waals surface area (Å²) in [6.07, 6.45) is -5.10. The van der Waals surface area contributed by atoms with E-state index in [4.69, 9.17) is 0 Å². The number of carbonyl (C=O) groups is 1. The second-order valence-electron chi connectivity index (χ2n) is 11.5. The van der Waals surface area contributed by atoms with E-state index in [0.29, 0.717) is 36.9 Å². The molecule has 2 fully saturated rings. The highest BCUT2D eigenvalue weighted by Gasteiger charge is 2.44. The SMILES string of the molecule is O=C(NCc1cc(C(F)(F)F)cc(C(F)(F)F)c1)C1(c2ccccc2)CCC(N2CCC(c3ccccc3)CC2)CC1. The van der Waals surface area contributed by atoms with Crippen molar-refractivity contribution in [3.05, 3.63) is 107 Å². The molecule has 1 saturated carbocycles. The summed E-state index contributed by atoms with van der Waals surface area (Å²) in [7, 11) is 0. The summed E-state index contributed by atoms with van der Waals surface area (Å²) in [5.74, 6) is 0.162. The van der Waals surface area contributed by atoms with Gasteiger partial charge in [-0.2, -0.15) is 26.3 Å². The Morgan fingerprint density at radius 2 is 1.29 bits per heavy atom. The van der Waals surface area contributed by atoms with E-state index in [1.165, 1.54) is 5.56 Å².